The molecule has 0 aromatic heterocycles. The van der Waals surface area contributed by atoms with E-state index in [0.717, 1.165) is 0 Å². The molecular formula is C15H28O4Si. The Hall–Kier alpha value is -0.203. The van der Waals surface area contributed by atoms with Gasteiger partial charge in [-0.05, 0) is 25.1 Å². The van der Waals surface area contributed by atoms with Gasteiger partial charge in [-0.1, -0.05) is 26.8 Å². The fourth-order valence-corrected chi connectivity index (χ4v) is 4.08. The SMILES string of the molecule is C=C[C@H](O)[C@@]12CO[C@@H]([C@H](C)O1)[C@@H]2O[Si](C)(C)C(C)(C)C. The van der Waals surface area contributed by atoms with Gasteiger partial charge in [0, 0.05) is 0 Å². The monoisotopic (exact) mass is 300 g/mol. The first-order valence-corrected chi connectivity index (χ1v) is 10.2. The van der Waals surface area contributed by atoms with Crippen LogP contribution in [0.5, 0.6) is 0 Å². The minimum Gasteiger partial charge on any atom is -0.408 e. The number of aliphatic hydroxyl groups excluding tert-OH is 1. The van der Waals surface area contributed by atoms with Gasteiger partial charge in [0.15, 0.2) is 8.32 Å². The molecule has 0 amide bonds. The molecule has 2 bridgehead atoms. The van der Waals surface area contributed by atoms with E-state index in [4.69, 9.17) is 13.9 Å². The van der Waals surface area contributed by atoms with Crippen molar-refractivity contribution >= 4 is 8.32 Å². The van der Waals surface area contributed by atoms with E-state index in [-0.39, 0.29) is 23.4 Å². The summed E-state index contributed by atoms with van der Waals surface area (Å²) in [5.74, 6) is 0. The third-order valence-corrected chi connectivity index (χ3v) is 9.56. The van der Waals surface area contributed by atoms with Crippen molar-refractivity contribution in [3.63, 3.8) is 0 Å². The van der Waals surface area contributed by atoms with E-state index in [0.29, 0.717) is 6.61 Å². The summed E-state index contributed by atoms with van der Waals surface area (Å²) in [4.78, 5) is 0. The van der Waals surface area contributed by atoms with Crippen molar-refractivity contribution in [2.75, 3.05) is 6.61 Å². The lowest BCUT2D eigenvalue weighted by atomic mass is 9.92. The summed E-state index contributed by atoms with van der Waals surface area (Å²) in [6.07, 6.45) is 0.372. The molecule has 2 heterocycles. The lowest BCUT2D eigenvalue weighted by Gasteiger charge is -2.41. The summed E-state index contributed by atoms with van der Waals surface area (Å²) < 4.78 is 18.4. The zero-order valence-corrected chi connectivity index (χ0v) is 14.5. The Morgan fingerprint density at radius 2 is 2.05 bits per heavy atom. The van der Waals surface area contributed by atoms with Gasteiger partial charge in [0.2, 0.25) is 0 Å². The average molecular weight is 300 g/mol. The van der Waals surface area contributed by atoms with Crippen molar-refractivity contribution in [1.29, 1.82) is 0 Å². The summed E-state index contributed by atoms with van der Waals surface area (Å²) >= 11 is 0. The van der Waals surface area contributed by atoms with Gasteiger partial charge in [0.1, 0.15) is 23.9 Å². The van der Waals surface area contributed by atoms with Crippen LogP contribution in [-0.2, 0) is 13.9 Å². The van der Waals surface area contributed by atoms with Crippen LogP contribution >= 0.6 is 0 Å². The van der Waals surface area contributed by atoms with E-state index < -0.39 is 20.0 Å². The molecule has 0 saturated carbocycles. The van der Waals surface area contributed by atoms with Gasteiger partial charge in [0.05, 0.1) is 12.7 Å². The highest BCUT2D eigenvalue weighted by molar-refractivity contribution is 6.74. The summed E-state index contributed by atoms with van der Waals surface area (Å²) in [5, 5.41) is 10.4. The highest BCUT2D eigenvalue weighted by Gasteiger charge is 2.65. The highest BCUT2D eigenvalue weighted by atomic mass is 28.4. The number of rotatable bonds is 4. The van der Waals surface area contributed by atoms with E-state index in [9.17, 15) is 5.11 Å². The van der Waals surface area contributed by atoms with E-state index in [1.807, 2.05) is 6.92 Å². The van der Waals surface area contributed by atoms with E-state index >= 15 is 0 Å². The lowest BCUT2D eigenvalue weighted by molar-refractivity contribution is -0.171. The second-order valence-electron chi connectivity index (χ2n) is 7.53. The van der Waals surface area contributed by atoms with Crippen molar-refractivity contribution in [3.8, 4) is 0 Å². The third-order valence-electron chi connectivity index (χ3n) is 5.10. The van der Waals surface area contributed by atoms with Crippen LogP contribution < -0.4 is 0 Å². The fourth-order valence-electron chi connectivity index (χ4n) is 2.75. The van der Waals surface area contributed by atoms with Gasteiger partial charge < -0.3 is 19.0 Å². The van der Waals surface area contributed by atoms with E-state index in [1.165, 1.54) is 6.08 Å². The molecule has 1 N–H and O–H groups in total. The first kappa shape index (κ1) is 16.2. The van der Waals surface area contributed by atoms with Crippen LogP contribution in [0.1, 0.15) is 27.7 Å². The molecule has 5 atom stereocenters. The van der Waals surface area contributed by atoms with Crippen molar-refractivity contribution < 1.29 is 19.0 Å². The minimum atomic E-state index is -1.95. The molecule has 0 aromatic carbocycles. The van der Waals surface area contributed by atoms with Gasteiger partial charge >= 0.3 is 0 Å². The van der Waals surface area contributed by atoms with Crippen LogP contribution in [0.25, 0.3) is 0 Å². The van der Waals surface area contributed by atoms with Crippen molar-refractivity contribution in [2.45, 2.75) is 75.8 Å². The Kier molecular flexibility index (Phi) is 3.98. The molecule has 0 spiro atoms. The van der Waals surface area contributed by atoms with Crippen LogP contribution in [0.3, 0.4) is 0 Å². The number of fused-ring (bicyclic) bond motifs is 2. The third kappa shape index (κ3) is 2.29. The molecule has 2 aliphatic rings. The van der Waals surface area contributed by atoms with Crippen molar-refractivity contribution in [2.24, 2.45) is 0 Å². The Balaban J connectivity index is 2.29. The maximum Gasteiger partial charge on any atom is 0.192 e. The highest BCUT2D eigenvalue weighted by Crippen LogP contribution is 2.48. The van der Waals surface area contributed by atoms with Crippen molar-refractivity contribution in [3.05, 3.63) is 12.7 Å². The van der Waals surface area contributed by atoms with Crippen LogP contribution in [0.2, 0.25) is 18.1 Å². The van der Waals surface area contributed by atoms with Gasteiger partial charge in [-0.3, -0.25) is 0 Å². The summed E-state index contributed by atoms with van der Waals surface area (Å²) in [6, 6.07) is 0. The molecule has 0 aromatic rings. The van der Waals surface area contributed by atoms with E-state index in [1.54, 1.807) is 0 Å². The molecule has 20 heavy (non-hydrogen) atoms. The molecule has 4 nitrogen and oxygen atoms in total. The quantitative estimate of drug-likeness (QED) is 0.640. The zero-order chi connectivity index (χ0) is 15.3. The first-order chi connectivity index (χ1) is 9.05. The first-order valence-electron chi connectivity index (χ1n) is 7.33. The average Bonchev–Trinajstić information content (AvgIpc) is 2.78. The second-order valence-corrected chi connectivity index (χ2v) is 12.3. The number of hydrogen-bond acceptors (Lipinski definition) is 4. The summed E-state index contributed by atoms with van der Waals surface area (Å²) in [5.41, 5.74) is -0.790. The summed E-state index contributed by atoms with van der Waals surface area (Å²) in [7, 11) is -1.95. The smallest absolute Gasteiger partial charge is 0.192 e. The lowest BCUT2D eigenvalue weighted by Crippen LogP contribution is -2.56. The van der Waals surface area contributed by atoms with Crippen molar-refractivity contribution in [1.82, 2.24) is 0 Å². The van der Waals surface area contributed by atoms with Crippen LogP contribution in [0.4, 0.5) is 0 Å². The molecular weight excluding hydrogens is 272 g/mol. The maximum absolute atomic E-state index is 10.3. The molecule has 2 rings (SSSR count). The molecule has 5 heteroatoms. The Morgan fingerprint density at radius 1 is 1.45 bits per heavy atom. The molecule has 0 radical (unpaired) electrons. The normalized spacial score (nSPS) is 39.0. The van der Waals surface area contributed by atoms with Crippen LogP contribution in [0, 0.1) is 0 Å². The van der Waals surface area contributed by atoms with Gasteiger partial charge in [0.25, 0.3) is 0 Å². The minimum absolute atomic E-state index is 0.0619. The molecule has 116 valence electrons. The number of ether oxygens (including phenoxy) is 2. The zero-order valence-electron chi connectivity index (χ0n) is 13.5. The standard InChI is InChI=1S/C15H28O4Si/c1-8-11(16)15-9-17-12(10(2)18-15)13(15)19-20(6,7)14(3,4)5/h8,10-13,16H,1,9H2,2-7H3/t10-,11-,12-,13-,15+/m0/s1. The predicted molar refractivity (Wildman–Crippen MR) is 81.3 cm³/mol. The van der Waals surface area contributed by atoms with Crippen LogP contribution in [-0.4, -0.2) is 50.0 Å². The molecule has 0 unspecified atom stereocenters. The Bertz CT molecular complexity index is 390. The Labute approximate surface area is 123 Å². The van der Waals surface area contributed by atoms with E-state index in [2.05, 4.69) is 40.4 Å². The van der Waals surface area contributed by atoms with Gasteiger partial charge in [-0.2, -0.15) is 0 Å². The second kappa shape index (κ2) is 4.92. The molecule has 2 fully saturated rings. The number of hydrogen-bond donors (Lipinski definition) is 1. The largest absolute Gasteiger partial charge is 0.408 e. The number of aliphatic hydroxyl groups is 1. The molecule has 0 aliphatic carbocycles. The molecule has 2 saturated heterocycles. The van der Waals surface area contributed by atoms with Crippen LogP contribution in [0.15, 0.2) is 12.7 Å². The maximum atomic E-state index is 10.3. The summed E-state index contributed by atoms with van der Waals surface area (Å²) in [6.45, 7) is 17.1. The topological polar surface area (TPSA) is 47.9 Å². The predicted octanol–water partition coefficient (Wildman–Crippen LogP) is 2.48. The van der Waals surface area contributed by atoms with Gasteiger partial charge in [-0.25, -0.2) is 0 Å². The van der Waals surface area contributed by atoms with Gasteiger partial charge in [-0.15, -0.1) is 6.58 Å². The fraction of sp³-hybridized carbons (Fsp3) is 0.867. The molecule has 2 aliphatic heterocycles. The Morgan fingerprint density at radius 3 is 2.50 bits per heavy atom.